The molecule has 17 heavy (non-hydrogen) atoms. The number of aryl methyl sites for hydroxylation is 1. The maximum absolute atomic E-state index is 12.2. The monoisotopic (exact) mass is 231 g/mol. The first-order valence-corrected chi connectivity index (χ1v) is 5.63. The molecule has 0 spiro atoms. The first-order valence-electron chi connectivity index (χ1n) is 5.63. The van der Waals surface area contributed by atoms with Crippen molar-refractivity contribution in [3.05, 3.63) is 29.3 Å². The highest BCUT2D eigenvalue weighted by molar-refractivity contribution is 5.99. The van der Waals surface area contributed by atoms with E-state index in [9.17, 15) is 4.79 Å². The van der Waals surface area contributed by atoms with E-state index in [2.05, 4.69) is 0 Å². The molecule has 0 bridgehead atoms. The normalized spacial score (nSPS) is 9.71. The standard InChI is InChI=1S/C13H17N3O/c1-3-16(9-5-8-14)13(17)11-7-4-6-10(2)12(11)15/h4,6-7H,3,5,9,15H2,1-2H3. The average Bonchev–Trinajstić information content (AvgIpc) is 2.33. The number of nitrogens with zero attached hydrogens (tertiary/aromatic N) is 2. The van der Waals surface area contributed by atoms with Crippen LogP contribution in [-0.4, -0.2) is 23.9 Å². The minimum absolute atomic E-state index is 0.107. The molecule has 0 saturated heterocycles. The predicted octanol–water partition coefficient (Wildman–Crippen LogP) is 1.95. The van der Waals surface area contributed by atoms with Crippen LogP contribution in [0.2, 0.25) is 0 Å². The molecule has 4 nitrogen and oxygen atoms in total. The smallest absolute Gasteiger partial charge is 0.255 e. The van der Waals surface area contributed by atoms with Crippen LogP contribution in [0.15, 0.2) is 18.2 Å². The van der Waals surface area contributed by atoms with E-state index in [1.54, 1.807) is 11.0 Å². The van der Waals surface area contributed by atoms with Gasteiger partial charge in [0, 0.05) is 18.8 Å². The zero-order chi connectivity index (χ0) is 12.8. The summed E-state index contributed by atoms with van der Waals surface area (Å²) in [4.78, 5) is 13.8. The van der Waals surface area contributed by atoms with E-state index in [-0.39, 0.29) is 5.91 Å². The summed E-state index contributed by atoms with van der Waals surface area (Å²) in [6, 6.07) is 7.45. The molecule has 1 aromatic rings. The van der Waals surface area contributed by atoms with E-state index in [4.69, 9.17) is 11.0 Å². The highest BCUT2D eigenvalue weighted by Gasteiger charge is 2.16. The molecule has 0 aliphatic heterocycles. The number of amides is 1. The van der Waals surface area contributed by atoms with E-state index >= 15 is 0 Å². The number of rotatable bonds is 4. The number of anilines is 1. The zero-order valence-electron chi connectivity index (χ0n) is 10.2. The van der Waals surface area contributed by atoms with Crippen molar-refractivity contribution < 1.29 is 4.79 Å². The fraction of sp³-hybridized carbons (Fsp3) is 0.385. The predicted molar refractivity (Wildman–Crippen MR) is 67.4 cm³/mol. The first-order chi connectivity index (χ1) is 8.11. The van der Waals surface area contributed by atoms with Crippen LogP contribution >= 0.6 is 0 Å². The molecule has 0 heterocycles. The van der Waals surface area contributed by atoms with Crippen molar-refractivity contribution in [2.45, 2.75) is 20.3 Å². The Morgan fingerprint density at radius 1 is 1.53 bits per heavy atom. The summed E-state index contributed by atoms with van der Waals surface area (Å²) in [7, 11) is 0. The lowest BCUT2D eigenvalue weighted by Crippen LogP contribution is -2.32. The largest absolute Gasteiger partial charge is 0.398 e. The first kappa shape index (κ1) is 13.0. The molecule has 1 aromatic carbocycles. The van der Waals surface area contributed by atoms with Crippen molar-refractivity contribution in [2.75, 3.05) is 18.8 Å². The van der Waals surface area contributed by atoms with Gasteiger partial charge in [-0.2, -0.15) is 5.26 Å². The second kappa shape index (κ2) is 5.90. The van der Waals surface area contributed by atoms with Gasteiger partial charge in [0.1, 0.15) is 0 Å². The molecule has 90 valence electrons. The third kappa shape index (κ3) is 2.97. The van der Waals surface area contributed by atoms with E-state index in [1.807, 2.05) is 32.0 Å². The summed E-state index contributed by atoms with van der Waals surface area (Å²) in [5, 5.41) is 8.55. The maximum Gasteiger partial charge on any atom is 0.255 e. The third-order valence-electron chi connectivity index (χ3n) is 2.72. The van der Waals surface area contributed by atoms with E-state index in [0.29, 0.717) is 30.8 Å². The molecule has 2 N–H and O–H groups in total. The van der Waals surface area contributed by atoms with Gasteiger partial charge in [-0.1, -0.05) is 12.1 Å². The van der Waals surface area contributed by atoms with Gasteiger partial charge in [-0.25, -0.2) is 0 Å². The van der Waals surface area contributed by atoms with E-state index in [0.717, 1.165) is 5.56 Å². The van der Waals surface area contributed by atoms with Gasteiger partial charge in [-0.05, 0) is 25.5 Å². The Hall–Kier alpha value is -2.02. The molecule has 1 rings (SSSR count). The summed E-state index contributed by atoms with van der Waals surface area (Å²) in [6.07, 6.45) is 0.339. The van der Waals surface area contributed by atoms with Crippen molar-refractivity contribution >= 4 is 11.6 Å². The molecule has 0 saturated carbocycles. The zero-order valence-corrected chi connectivity index (χ0v) is 10.2. The quantitative estimate of drug-likeness (QED) is 0.805. The van der Waals surface area contributed by atoms with Crippen molar-refractivity contribution in [2.24, 2.45) is 0 Å². The van der Waals surface area contributed by atoms with Crippen LogP contribution in [0.3, 0.4) is 0 Å². The molecule has 0 aliphatic carbocycles. The topological polar surface area (TPSA) is 70.1 Å². The van der Waals surface area contributed by atoms with Crippen LogP contribution in [-0.2, 0) is 0 Å². The Balaban J connectivity index is 2.94. The van der Waals surface area contributed by atoms with Crippen molar-refractivity contribution in [1.82, 2.24) is 4.90 Å². The van der Waals surface area contributed by atoms with E-state index in [1.165, 1.54) is 0 Å². The number of nitriles is 1. The van der Waals surface area contributed by atoms with Crippen LogP contribution in [0.5, 0.6) is 0 Å². The number of carbonyl (C=O) groups excluding carboxylic acids is 1. The minimum atomic E-state index is -0.107. The lowest BCUT2D eigenvalue weighted by molar-refractivity contribution is 0.0769. The Labute approximate surface area is 102 Å². The molecule has 0 aliphatic rings. The Morgan fingerprint density at radius 2 is 2.24 bits per heavy atom. The Kier molecular flexibility index (Phi) is 4.53. The number of nitrogen functional groups attached to an aromatic ring is 1. The van der Waals surface area contributed by atoms with Gasteiger partial charge in [-0.15, -0.1) is 0 Å². The van der Waals surface area contributed by atoms with Crippen LogP contribution in [0.4, 0.5) is 5.69 Å². The Morgan fingerprint density at radius 3 is 2.82 bits per heavy atom. The summed E-state index contributed by atoms with van der Waals surface area (Å²) >= 11 is 0. The molecular formula is C13H17N3O. The fourth-order valence-electron chi connectivity index (χ4n) is 1.63. The highest BCUT2D eigenvalue weighted by atomic mass is 16.2. The molecule has 4 heteroatoms. The van der Waals surface area contributed by atoms with Gasteiger partial charge in [0.15, 0.2) is 0 Å². The molecular weight excluding hydrogens is 214 g/mol. The minimum Gasteiger partial charge on any atom is -0.398 e. The van der Waals surface area contributed by atoms with Crippen LogP contribution in [0.1, 0.15) is 29.3 Å². The lowest BCUT2D eigenvalue weighted by atomic mass is 10.1. The van der Waals surface area contributed by atoms with Crippen LogP contribution < -0.4 is 5.73 Å². The van der Waals surface area contributed by atoms with Crippen molar-refractivity contribution in [3.8, 4) is 6.07 Å². The number of carbonyl (C=O) groups is 1. The van der Waals surface area contributed by atoms with Crippen LogP contribution in [0, 0.1) is 18.3 Å². The van der Waals surface area contributed by atoms with E-state index < -0.39 is 0 Å². The molecule has 0 unspecified atom stereocenters. The number of benzene rings is 1. The summed E-state index contributed by atoms with van der Waals surface area (Å²) in [5.41, 5.74) is 7.83. The van der Waals surface area contributed by atoms with Crippen LogP contribution in [0.25, 0.3) is 0 Å². The summed E-state index contributed by atoms with van der Waals surface area (Å²) < 4.78 is 0. The second-order valence-electron chi connectivity index (χ2n) is 3.83. The van der Waals surface area contributed by atoms with Gasteiger partial charge in [0.25, 0.3) is 5.91 Å². The van der Waals surface area contributed by atoms with Gasteiger partial charge < -0.3 is 10.6 Å². The molecule has 0 atom stereocenters. The number of nitrogens with two attached hydrogens (primary N) is 1. The van der Waals surface area contributed by atoms with Gasteiger partial charge in [0.2, 0.25) is 0 Å². The van der Waals surface area contributed by atoms with Gasteiger partial charge >= 0.3 is 0 Å². The Bertz CT molecular complexity index is 448. The highest BCUT2D eigenvalue weighted by Crippen LogP contribution is 2.18. The maximum atomic E-state index is 12.2. The molecule has 0 radical (unpaired) electrons. The molecule has 0 fully saturated rings. The average molecular weight is 231 g/mol. The van der Waals surface area contributed by atoms with Crippen molar-refractivity contribution in [3.63, 3.8) is 0 Å². The second-order valence-corrected chi connectivity index (χ2v) is 3.83. The third-order valence-corrected chi connectivity index (χ3v) is 2.72. The van der Waals surface area contributed by atoms with Crippen molar-refractivity contribution in [1.29, 1.82) is 5.26 Å². The summed E-state index contributed by atoms with van der Waals surface area (Å²) in [6.45, 7) is 4.78. The number of para-hydroxylation sites is 1. The molecule has 0 aromatic heterocycles. The summed E-state index contributed by atoms with van der Waals surface area (Å²) in [5.74, 6) is -0.107. The number of hydrogen-bond donors (Lipinski definition) is 1. The van der Waals surface area contributed by atoms with Gasteiger partial charge in [-0.3, -0.25) is 4.79 Å². The SMILES string of the molecule is CCN(CCC#N)C(=O)c1cccc(C)c1N. The lowest BCUT2D eigenvalue weighted by Gasteiger charge is -2.20. The van der Waals surface area contributed by atoms with Gasteiger partial charge in [0.05, 0.1) is 18.1 Å². The molecule has 1 amide bonds. The number of hydrogen-bond acceptors (Lipinski definition) is 3. The fourth-order valence-corrected chi connectivity index (χ4v) is 1.63.